The average molecular weight is 444 g/mol. The highest BCUT2D eigenvalue weighted by Gasteiger charge is 2.48. The minimum Gasteiger partial charge on any atom is -0.368 e. The Morgan fingerprint density at radius 2 is 1.88 bits per heavy atom. The summed E-state index contributed by atoms with van der Waals surface area (Å²) in [7, 11) is 0. The molecule has 2 aromatic heterocycles. The van der Waals surface area contributed by atoms with Crippen LogP contribution in [0.15, 0.2) is 73.3 Å². The average Bonchev–Trinajstić information content (AvgIpc) is 3.58. The van der Waals surface area contributed by atoms with Crippen LogP contribution in [0.4, 0.5) is 4.79 Å². The Morgan fingerprint density at radius 1 is 1.09 bits per heavy atom. The molecule has 2 amide bonds. The van der Waals surface area contributed by atoms with Crippen molar-refractivity contribution >= 4 is 17.7 Å². The molecule has 1 aromatic carbocycles. The molecule has 2 aliphatic rings. The molecule has 2 saturated heterocycles. The van der Waals surface area contributed by atoms with Gasteiger partial charge in [0.2, 0.25) is 5.91 Å². The predicted molar refractivity (Wildman–Crippen MR) is 120 cm³/mol. The zero-order chi connectivity index (χ0) is 22.8. The summed E-state index contributed by atoms with van der Waals surface area (Å²) in [6.07, 6.45) is 7.37. The Morgan fingerprint density at radius 3 is 2.67 bits per heavy atom. The normalized spacial score (nSPS) is 20.5. The molecule has 1 N–H and O–H groups in total. The monoisotopic (exact) mass is 444 g/mol. The van der Waals surface area contributed by atoms with Crippen LogP contribution >= 0.6 is 0 Å². The second-order valence-corrected chi connectivity index (χ2v) is 8.32. The predicted octanol–water partition coefficient (Wildman–Crippen LogP) is 2.29. The molecule has 168 valence electrons. The van der Waals surface area contributed by atoms with Crippen LogP contribution in [0.1, 0.15) is 12.0 Å². The van der Waals surface area contributed by atoms with Gasteiger partial charge in [-0.05, 0) is 41.3 Å². The summed E-state index contributed by atoms with van der Waals surface area (Å²) in [6, 6.07) is 13.4. The summed E-state index contributed by atoms with van der Waals surface area (Å²) in [4.78, 5) is 44.5. The first kappa shape index (κ1) is 21.1. The van der Waals surface area contributed by atoms with Crippen LogP contribution in [0.3, 0.4) is 0 Å². The fourth-order valence-corrected chi connectivity index (χ4v) is 4.54. The number of fused-ring (bicyclic) bond motifs is 1. The standard InChI is InChI=1S/C25H24N4O4/c30-21-16-33-22-9-13-29(23(21)22)24(31)20(14-17-6-10-26-11-7-17)27-25(32)28-12-8-19(15-28)18-4-2-1-3-5-18/h1-8,10-12,15,20,22-23H,9,13-14,16H2,(H,27,32). The summed E-state index contributed by atoms with van der Waals surface area (Å²) in [5.41, 5.74) is 2.76. The lowest BCUT2D eigenvalue weighted by Gasteiger charge is -2.27. The molecule has 3 unspecified atom stereocenters. The van der Waals surface area contributed by atoms with Gasteiger partial charge in [0.05, 0.1) is 6.10 Å². The van der Waals surface area contributed by atoms with Gasteiger partial charge in [-0.2, -0.15) is 0 Å². The summed E-state index contributed by atoms with van der Waals surface area (Å²) in [6.45, 7) is 0.469. The van der Waals surface area contributed by atoms with Crippen molar-refractivity contribution in [2.75, 3.05) is 13.2 Å². The van der Waals surface area contributed by atoms with E-state index < -0.39 is 18.1 Å². The van der Waals surface area contributed by atoms with Gasteiger partial charge in [-0.25, -0.2) is 4.79 Å². The van der Waals surface area contributed by atoms with E-state index in [1.807, 2.05) is 48.5 Å². The summed E-state index contributed by atoms with van der Waals surface area (Å²) < 4.78 is 6.96. The number of benzene rings is 1. The van der Waals surface area contributed by atoms with Gasteiger partial charge in [0, 0.05) is 37.8 Å². The SMILES string of the molecule is O=C1COC2CCN(C(=O)C(Cc3ccncc3)NC(=O)n3ccc(-c4ccccc4)c3)C12. The molecule has 8 nitrogen and oxygen atoms in total. The van der Waals surface area contributed by atoms with E-state index in [0.29, 0.717) is 19.4 Å². The minimum absolute atomic E-state index is 0.0339. The number of aromatic nitrogens is 2. The van der Waals surface area contributed by atoms with Crippen molar-refractivity contribution in [3.05, 3.63) is 78.9 Å². The third-order valence-electron chi connectivity index (χ3n) is 6.21. The number of nitrogens with one attached hydrogen (secondary N) is 1. The van der Waals surface area contributed by atoms with Gasteiger partial charge in [0.25, 0.3) is 0 Å². The zero-order valence-electron chi connectivity index (χ0n) is 18.0. The van der Waals surface area contributed by atoms with Crippen LogP contribution in [0.5, 0.6) is 0 Å². The Bertz CT molecular complexity index is 1160. The highest BCUT2D eigenvalue weighted by Crippen LogP contribution is 2.28. The lowest BCUT2D eigenvalue weighted by atomic mass is 10.0. The van der Waals surface area contributed by atoms with E-state index in [4.69, 9.17) is 4.74 Å². The molecule has 0 spiro atoms. The topological polar surface area (TPSA) is 93.5 Å². The fourth-order valence-electron chi connectivity index (χ4n) is 4.54. The number of carbonyl (C=O) groups excluding carboxylic acids is 3. The fraction of sp³-hybridized carbons (Fsp3) is 0.280. The number of amides is 2. The molecule has 5 rings (SSSR count). The van der Waals surface area contributed by atoms with Crippen molar-refractivity contribution in [3.8, 4) is 11.1 Å². The van der Waals surface area contributed by atoms with Crippen molar-refractivity contribution in [2.45, 2.75) is 31.0 Å². The molecule has 0 aliphatic carbocycles. The number of hydrogen-bond acceptors (Lipinski definition) is 5. The van der Waals surface area contributed by atoms with Crippen molar-refractivity contribution in [1.29, 1.82) is 0 Å². The van der Waals surface area contributed by atoms with Crippen molar-refractivity contribution in [2.24, 2.45) is 0 Å². The first-order chi connectivity index (χ1) is 16.1. The molecule has 0 saturated carbocycles. The first-order valence-electron chi connectivity index (χ1n) is 11.0. The molecule has 2 aliphatic heterocycles. The lowest BCUT2D eigenvalue weighted by Crippen LogP contribution is -2.53. The van der Waals surface area contributed by atoms with Crippen molar-refractivity contribution in [1.82, 2.24) is 19.8 Å². The Labute approximate surface area is 191 Å². The largest absolute Gasteiger partial charge is 0.368 e. The van der Waals surface area contributed by atoms with E-state index in [-0.39, 0.29) is 24.4 Å². The van der Waals surface area contributed by atoms with Gasteiger partial charge in [-0.1, -0.05) is 30.3 Å². The number of ketones is 1. The molecule has 33 heavy (non-hydrogen) atoms. The Balaban J connectivity index is 1.37. The number of carbonyl (C=O) groups is 3. The molecule has 4 heterocycles. The van der Waals surface area contributed by atoms with Crippen LogP contribution in [0.25, 0.3) is 11.1 Å². The number of pyridine rings is 1. The lowest BCUT2D eigenvalue weighted by molar-refractivity contribution is -0.138. The number of nitrogens with zero attached hydrogens (tertiary/aromatic N) is 3. The van der Waals surface area contributed by atoms with Crippen LogP contribution in [-0.2, 0) is 20.7 Å². The molecule has 0 radical (unpaired) electrons. The maximum atomic E-state index is 13.5. The van der Waals surface area contributed by atoms with E-state index in [0.717, 1.165) is 16.7 Å². The quantitative estimate of drug-likeness (QED) is 0.652. The van der Waals surface area contributed by atoms with E-state index in [9.17, 15) is 14.4 Å². The molecule has 3 atom stereocenters. The summed E-state index contributed by atoms with van der Waals surface area (Å²) in [5, 5.41) is 2.88. The third-order valence-corrected chi connectivity index (χ3v) is 6.21. The second kappa shape index (κ2) is 8.99. The number of likely N-dealkylation sites (tertiary alicyclic amines) is 1. The van der Waals surface area contributed by atoms with Gasteiger partial charge in [-0.3, -0.25) is 19.1 Å². The number of hydrogen-bond donors (Lipinski definition) is 1. The van der Waals surface area contributed by atoms with Crippen LogP contribution in [-0.4, -0.2) is 63.5 Å². The van der Waals surface area contributed by atoms with Gasteiger partial charge < -0.3 is 15.0 Å². The molecular weight excluding hydrogens is 420 g/mol. The van der Waals surface area contributed by atoms with Crippen LogP contribution in [0.2, 0.25) is 0 Å². The molecule has 0 bridgehead atoms. The van der Waals surface area contributed by atoms with Crippen LogP contribution in [0, 0.1) is 0 Å². The van der Waals surface area contributed by atoms with E-state index >= 15 is 0 Å². The van der Waals surface area contributed by atoms with E-state index in [2.05, 4.69) is 10.3 Å². The highest BCUT2D eigenvalue weighted by atomic mass is 16.5. The molecule has 3 aromatic rings. The zero-order valence-corrected chi connectivity index (χ0v) is 18.0. The summed E-state index contributed by atoms with van der Waals surface area (Å²) >= 11 is 0. The third kappa shape index (κ3) is 4.29. The van der Waals surface area contributed by atoms with Crippen molar-refractivity contribution in [3.63, 3.8) is 0 Å². The maximum absolute atomic E-state index is 13.5. The van der Waals surface area contributed by atoms with Gasteiger partial charge in [0.1, 0.15) is 18.7 Å². The highest BCUT2D eigenvalue weighted by molar-refractivity contribution is 5.95. The van der Waals surface area contributed by atoms with E-state index in [1.165, 1.54) is 4.57 Å². The van der Waals surface area contributed by atoms with Gasteiger partial charge in [0.15, 0.2) is 5.78 Å². The van der Waals surface area contributed by atoms with E-state index in [1.54, 1.807) is 29.7 Å². The maximum Gasteiger partial charge on any atom is 0.326 e. The Hall–Kier alpha value is -3.78. The first-order valence-corrected chi connectivity index (χ1v) is 11.0. The molecular formula is C25H24N4O4. The number of ether oxygens (including phenoxy) is 1. The number of Topliss-reactive ketones (excluding diaryl/α,β-unsaturated/α-hetero) is 1. The Kier molecular flexibility index (Phi) is 5.75. The summed E-state index contributed by atoms with van der Waals surface area (Å²) in [5.74, 6) is -0.361. The van der Waals surface area contributed by atoms with Gasteiger partial charge >= 0.3 is 6.03 Å². The minimum atomic E-state index is -0.824. The van der Waals surface area contributed by atoms with Crippen molar-refractivity contribution < 1.29 is 19.1 Å². The molecule has 8 heteroatoms. The number of rotatable bonds is 5. The second-order valence-electron chi connectivity index (χ2n) is 8.32. The van der Waals surface area contributed by atoms with Gasteiger partial charge in [-0.15, -0.1) is 0 Å². The molecule has 2 fully saturated rings. The van der Waals surface area contributed by atoms with Crippen LogP contribution < -0.4 is 5.32 Å². The smallest absolute Gasteiger partial charge is 0.326 e.